The Balaban J connectivity index is 2.35. The van der Waals surface area contributed by atoms with Gasteiger partial charge in [-0.2, -0.15) is 0 Å². The van der Waals surface area contributed by atoms with Crippen molar-refractivity contribution in [3.8, 4) is 0 Å². The standard InChI is InChI=1S/C10H14N2O4/c1-15-10(14)8-3-2-7(16-8)6-12-5-4-9(11)13/h2-3,12H,4-6H2,1H3,(H2,11,13). The number of primary amides is 1. The van der Waals surface area contributed by atoms with Crippen LogP contribution >= 0.6 is 0 Å². The molecule has 0 aliphatic heterocycles. The van der Waals surface area contributed by atoms with E-state index < -0.39 is 5.97 Å². The van der Waals surface area contributed by atoms with E-state index in [1.165, 1.54) is 13.2 Å². The van der Waals surface area contributed by atoms with Gasteiger partial charge in [0.15, 0.2) is 0 Å². The zero-order valence-corrected chi connectivity index (χ0v) is 8.99. The van der Waals surface area contributed by atoms with Crippen LogP contribution in [0, 0.1) is 0 Å². The zero-order chi connectivity index (χ0) is 12.0. The maximum Gasteiger partial charge on any atom is 0.373 e. The molecule has 1 aromatic rings. The van der Waals surface area contributed by atoms with E-state index in [1.807, 2.05) is 0 Å². The van der Waals surface area contributed by atoms with Crippen LogP contribution in [-0.2, 0) is 16.1 Å². The molecule has 0 unspecified atom stereocenters. The monoisotopic (exact) mass is 226 g/mol. The summed E-state index contributed by atoms with van der Waals surface area (Å²) in [5.41, 5.74) is 4.97. The summed E-state index contributed by atoms with van der Waals surface area (Å²) in [7, 11) is 1.29. The molecule has 0 atom stereocenters. The highest BCUT2D eigenvalue weighted by Crippen LogP contribution is 2.08. The van der Waals surface area contributed by atoms with E-state index in [2.05, 4.69) is 10.1 Å². The van der Waals surface area contributed by atoms with Crippen LogP contribution in [0.2, 0.25) is 0 Å². The number of esters is 1. The van der Waals surface area contributed by atoms with Gasteiger partial charge in [0.1, 0.15) is 5.76 Å². The normalized spacial score (nSPS) is 10.1. The number of rotatable bonds is 6. The number of ether oxygens (including phenoxy) is 1. The number of furan rings is 1. The number of hydrogen-bond acceptors (Lipinski definition) is 5. The Labute approximate surface area is 92.7 Å². The lowest BCUT2D eigenvalue weighted by Gasteiger charge is -1.99. The van der Waals surface area contributed by atoms with E-state index in [4.69, 9.17) is 10.2 Å². The summed E-state index contributed by atoms with van der Waals surface area (Å²) in [6.45, 7) is 0.911. The Kier molecular flexibility index (Phi) is 4.53. The molecule has 0 fully saturated rings. The molecule has 0 bridgehead atoms. The van der Waals surface area contributed by atoms with E-state index >= 15 is 0 Å². The highest BCUT2D eigenvalue weighted by Gasteiger charge is 2.10. The maximum atomic E-state index is 11.0. The predicted molar refractivity (Wildman–Crippen MR) is 55.6 cm³/mol. The molecule has 88 valence electrons. The van der Waals surface area contributed by atoms with Crippen LogP contribution < -0.4 is 11.1 Å². The summed E-state index contributed by atoms with van der Waals surface area (Å²) in [6.07, 6.45) is 0.268. The van der Waals surface area contributed by atoms with Crippen molar-refractivity contribution in [2.75, 3.05) is 13.7 Å². The highest BCUT2D eigenvalue weighted by molar-refractivity contribution is 5.86. The second kappa shape index (κ2) is 5.92. The van der Waals surface area contributed by atoms with Gasteiger partial charge in [0.25, 0.3) is 0 Å². The van der Waals surface area contributed by atoms with E-state index in [0.717, 1.165) is 0 Å². The number of carbonyl (C=O) groups excluding carboxylic acids is 2. The van der Waals surface area contributed by atoms with E-state index in [-0.39, 0.29) is 18.1 Å². The van der Waals surface area contributed by atoms with Gasteiger partial charge in [-0.1, -0.05) is 0 Å². The molecule has 0 aliphatic rings. The summed E-state index contributed by atoms with van der Waals surface area (Å²) in [4.78, 5) is 21.5. The summed E-state index contributed by atoms with van der Waals surface area (Å²) in [5.74, 6) is -0.107. The van der Waals surface area contributed by atoms with Crippen LogP contribution in [0.3, 0.4) is 0 Å². The first-order valence-electron chi connectivity index (χ1n) is 4.79. The molecule has 0 aromatic carbocycles. The molecule has 1 aromatic heterocycles. The molecule has 6 heteroatoms. The number of nitrogens with two attached hydrogens (primary N) is 1. The van der Waals surface area contributed by atoms with Gasteiger partial charge in [-0.3, -0.25) is 4.79 Å². The minimum absolute atomic E-state index is 0.161. The number of nitrogens with one attached hydrogen (secondary N) is 1. The largest absolute Gasteiger partial charge is 0.463 e. The number of hydrogen-bond donors (Lipinski definition) is 2. The second-order valence-electron chi connectivity index (χ2n) is 3.15. The van der Waals surface area contributed by atoms with Gasteiger partial charge in [-0.15, -0.1) is 0 Å². The van der Waals surface area contributed by atoms with E-state index in [9.17, 15) is 9.59 Å². The zero-order valence-electron chi connectivity index (χ0n) is 8.99. The van der Waals surface area contributed by atoms with Gasteiger partial charge in [0.05, 0.1) is 13.7 Å². The lowest BCUT2D eigenvalue weighted by molar-refractivity contribution is -0.117. The maximum absolute atomic E-state index is 11.0. The molecule has 0 saturated carbocycles. The summed E-state index contributed by atoms with van der Waals surface area (Å²) >= 11 is 0. The third-order valence-electron chi connectivity index (χ3n) is 1.90. The van der Waals surface area contributed by atoms with Gasteiger partial charge in [0.2, 0.25) is 11.7 Å². The Morgan fingerprint density at radius 2 is 2.25 bits per heavy atom. The third kappa shape index (κ3) is 3.74. The van der Waals surface area contributed by atoms with Gasteiger partial charge in [-0.05, 0) is 12.1 Å². The summed E-state index contributed by atoms with van der Waals surface area (Å²) in [6, 6.07) is 3.21. The second-order valence-corrected chi connectivity index (χ2v) is 3.15. The number of carbonyl (C=O) groups is 2. The molecule has 0 spiro atoms. The fourth-order valence-corrected chi connectivity index (χ4v) is 1.11. The fourth-order valence-electron chi connectivity index (χ4n) is 1.11. The van der Waals surface area contributed by atoms with Crippen LogP contribution in [0.1, 0.15) is 22.7 Å². The average molecular weight is 226 g/mol. The third-order valence-corrected chi connectivity index (χ3v) is 1.90. The molecule has 6 nitrogen and oxygen atoms in total. The van der Waals surface area contributed by atoms with Crippen molar-refractivity contribution in [2.45, 2.75) is 13.0 Å². The highest BCUT2D eigenvalue weighted by atomic mass is 16.5. The lowest BCUT2D eigenvalue weighted by Crippen LogP contribution is -2.21. The summed E-state index contributed by atoms with van der Waals surface area (Å²) in [5, 5.41) is 2.96. The SMILES string of the molecule is COC(=O)c1ccc(CNCCC(N)=O)o1. The van der Waals surface area contributed by atoms with Crippen LogP contribution in [0.15, 0.2) is 16.5 Å². The van der Waals surface area contributed by atoms with Gasteiger partial charge >= 0.3 is 5.97 Å². The molecule has 16 heavy (non-hydrogen) atoms. The Morgan fingerprint density at radius 1 is 1.50 bits per heavy atom. The van der Waals surface area contributed by atoms with E-state index in [1.54, 1.807) is 6.07 Å². The van der Waals surface area contributed by atoms with Crippen LogP contribution in [-0.4, -0.2) is 25.5 Å². The molecule has 1 rings (SSSR count). The minimum Gasteiger partial charge on any atom is -0.463 e. The van der Waals surface area contributed by atoms with Crippen molar-refractivity contribution >= 4 is 11.9 Å². The van der Waals surface area contributed by atoms with Crippen molar-refractivity contribution in [3.05, 3.63) is 23.7 Å². The topological polar surface area (TPSA) is 94.6 Å². The smallest absolute Gasteiger partial charge is 0.373 e. The molecular formula is C10H14N2O4. The number of amides is 1. The summed E-state index contributed by atoms with van der Waals surface area (Å²) < 4.78 is 9.68. The average Bonchev–Trinajstić information content (AvgIpc) is 2.71. The predicted octanol–water partition coefficient (Wildman–Crippen LogP) is 0.0312. The molecule has 1 heterocycles. The molecule has 0 radical (unpaired) electrons. The first-order chi connectivity index (χ1) is 7.63. The molecule has 1 amide bonds. The molecule has 0 saturated heterocycles. The van der Waals surface area contributed by atoms with Crippen molar-refractivity contribution in [1.82, 2.24) is 5.32 Å². The van der Waals surface area contributed by atoms with Crippen molar-refractivity contribution in [3.63, 3.8) is 0 Å². The number of methoxy groups -OCH3 is 1. The van der Waals surface area contributed by atoms with Crippen LogP contribution in [0.25, 0.3) is 0 Å². The van der Waals surface area contributed by atoms with Gasteiger partial charge in [0, 0.05) is 13.0 Å². The Morgan fingerprint density at radius 3 is 2.88 bits per heavy atom. The minimum atomic E-state index is -0.511. The molecular weight excluding hydrogens is 212 g/mol. The van der Waals surface area contributed by atoms with Crippen LogP contribution in [0.5, 0.6) is 0 Å². The Hall–Kier alpha value is -1.82. The van der Waals surface area contributed by atoms with Crippen LogP contribution in [0.4, 0.5) is 0 Å². The molecule has 0 aliphatic carbocycles. The van der Waals surface area contributed by atoms with E-state index in [0.29, 0.717) is 18.8 Å². The first kappa shape index (κ1) is 12.3. The quantitative estimate of drug-likeness (QED) is 0.527. The fraction of sp³-hybridized carbons (Fsp3) is 0.400. The Bertz CT molecular complexity index is 373. The van der Waals surface area contributed by atoms with Crippen molar-refractivity contribution in [1.29, 1.82) is 0 Å². The molecule has 3 N–H and O–H groups in total. The van der Waals surface area contributed by atoms with Crippen molar-refractivity contribution in [2.24, 2.45) is 5.73 Å². The van der Waals surface area contributed by atoms with Gasteiger partial charge < -0.3 is 20.2 Å². The van der Waals surface area contributed by atoms with Crippen molar-refractivity contribution < 1.29 is 18.7 Å². The first-order valence-corrected chi connectivity index (χ1v) is 4.79. The van der Waals surface area contributed by atoms with Gasteiger partial charge in [-0.25, -0.2) is 4.79 Å². The lowest BCUT2D eigenvalue weighted by atomic mass is 10.4.